The van der Waals surface area contributed by atoms with Gasteiger partial charge in [0.2, 0.25) is 0 Å². The first-order valence-electron chi connectivity index (χ1n) is 10.2. The Hall–Kier alpha value is -2.38. The minimum atomic E-state index is -0.0220. The molecule has 0 amide bonds. The number of fused-ring (bicyclic) bond motifs is 2. The molecule has 0 radical (unpaired) electrons. The van der Waals surface area contributed by atoms with E-state index in [0.717, 1.165) is 12.8 Å². The first-order chi connectivity index (χ1) is 13.1. The zero-order valence-electron chi connectivity index (χ0n) is 16.7. The van der Waals surface area contributed by atoms with Crippen LogP contribution in [0.2, 0.25) is 0 Å². The lowest BCUT2D eigenvalue weighted by molar-refractivity contribution is -0.698. The summed E-state index contributed by atoms with van der Waals surface area (Å²) >= 11 is 0. The molecule has 0 heterocycles. The number of quaternary nitrogens is 1. The Kier molecular flexibility index (Phi) is 4.88. The third-order valence-electron chi connectivity index (χ3n) is 6.48. The highest BCUT2D eigenvalue weighted by atomic mass is 14.9. The fourth-order valence-electron chi connectivity index (χ4n) is 4.72. The van der Waals surface area contributed by atoms with Gasteiger partial charge >= 0.3 is 0 Å². The van der Waals surface area contributed by atoms with E-state index >= 15 is 0 Å². The van der Waals surface area contributed by atoms with E-state index in [1.165, 1.54) is 39.8 Å². The SMILES string of the molecule is C[NH2+]C1(C)c2ccccc2CC(CCc2ccc(C)cc2)c2ccccc21. The minimum absolute atomic E-state index is 0.0220. The summed E-state index contributed by atoms with van der Waals surface area (Å²) in [6.07, 6.45) is 3.45. The lowest BCUT2D eigenvalue weighted by atomic mass is 9.81. The molecule has 0 bridgehead atoms. The smallest absolute Gasteiger partial charge is 0.145 e. The van der Waals surface area contributed by atoms with Gasteiger partial charge in [-0.25, -0.2) is 0 Å². The highest BCUT2D eigenvalue weighted by Gasteiger charge is 2.39. The molecule has 138 valence electrons. The van der Waals surface area contributed by atoms with Crippen LogP contribution in [-0.2, 0) is 18.4 Å². The summed E-state index contributed by atoms with van der Waals surface area (Å²) in [4.78, 5) is 0. The summed E-state index contributed by atoms with van der Waals surface area (Å²) in [6.45, 7) is 4.54. The first-order valence-corrected chi connectivity index (χ1v) is 10.2. The van der Waals surface area contributed by atoms with Crippen molar-refractivity contribution >= 4 is 0 Å². The van der Waals surface area contributed by atoms with Gasteiger partial charge in [0, 0.05) is 11.1 Å². The van der Waals surface area contributed by atoms with Gasteiger partial charge in [0.05, 0.1) is 7.05 Å². The molecular weight excluding hydrogens is 326 g/mol. The number of aryl methyl sites for hydroxylation is 2. The Labute approximate surface area is 163 Å². The monoisotopic (exact) mass is 356 g/mol. The molecule has 0 spiro atoms. The summed E-state index contributed by atoms with van der Waals surface area (Å²) < 4.78 is 0. The molecule has 4 rings (SSSR count). The van der Waals surface area contributed by atoms with Crippen LogP contribution in [0.25, 0.3) is 0 Å². The molecule has 0 saturated heterocycles. The largest absolute Gasteiger partial charge is 0.336 e. The first kappa shape index (κ1) is 18.0. The maximum Gasteiger partial charge on any atom is 0.145 e. The van der Waals surface area contributed by atoms with Gasteiger partial charge < -0.3 is 5.32 Å². The van der Waals surface area contributed by atoms with E-state index in [1.807, 2.05) is 0 Å². The van der Waals surface area contributed by atoms with Gasteiger partial charge in [0.1, 0.15) is 5.54 Å². The maximum atomic E-state index is 2.38. The molecular formula is C26H30N+. The van der Waals surface area contributed by atoms with E-state index in [-0.39, 0.29) is 5.54 Å². The molecule has 0 aromatic heterocycles. The Morgan fingerprint density at radius 2 is 1.56 bits per heavy atom. The summed E-state index contributed by atoms with van der Waals surface area (Å²) in [5.41, 5.74) is 8.74. The van der Waals surface area contributed by atoms with Crippen LogP contribution in [0.5, 0.6) is 0 Å². The van der Waals surface area contributed by atoms with Crippen LogP contribution in [0.1, 0.15) is 52.6 Å². The van der Waals surface area contributed by atoms with Gasteiger partial charge in [0.25, 0.3) is 0 Å². The Balaban J connectivity index is 1.74. The van der Waals surface area contributed by atoms with Crippen molar-refractivity contribution in [1.29, 1.82) is 0 Å². The Morgan fingerprint density at radius 3 is 2.30 bits per heavy atom. The topological polar surface area (TPSA) is 16.6 Å². The molecule has 3 aromatic rings. The average molecular weight is 357 g/mol. The van der Waals surface area contributed by atoms with Gasteiger partial charge in [-0.2, -0.15) is 0 Å². The maximum absolute atomic E-state index is 2.38. The van der Waals surface area contributed by atoms with Gasteiger partial charge in [-0.1, -0.05) is 78.4 Å². The molecule has 0 saturated carbocycles. The van der Waals surface area contributed by atoms with E-state index in [4.69, 9.17) is 0 Å². The Bertz CT molecular complexity index is 925. The van der Waals surface area contributed by atoms with E-state index in [9.17, 15) is 0 Å². The number of nitrogens with two attached hydrogens (primary N) is 1. The fourth-order valence-corrected chi connectivity index (χ4v) is 4.72. The molecule has 1 aliphatic carbocycles. The zero-order valence-corrected chi connectivity index (χ0v) is 16.7. The third kappa shape index (κ3) is 3.33. The van der Waals surface area contributed by atoms with Crippen molar-refractivity contribution in [2.24, 2.45) is 0 Å². The van der Waals surface area contributed by atoms with Crippen LogP contribution < -0.4 is 5.32 Å². The second-order valence-corrected chi connectivity index (χ2v) is 8.16. The molecule has 0 aliphatic heterocycles. The van der Waals surface area contributed by atoms with Crippen LogP contribution in [0.3, 0.4) is 0 Å². The van der Waals surface area contributed by atoms with Crippen LogP contribution in [-0.4, -0.2) is 7.05 Å². The van der Waals surface area contributed by atoms with Crippen LogP contribution in [0.15, 0.2) is 72.8 Å². The van der Waals surface area contributed by atoms with Crippen molar-refractivity contribution in [3.05, 3.63) is 106 Å². The van der Waals surface area contributed by atoms with Crippen molar-refractivity contribution in [3.63, 3.8) is 0 Å². The molecule has 2 N–H and O–H groups in total. The summed E-state index contributed by atoms with van der Waals surface area (Å²) in [7, 11) is 2.21. The third-order valence-corrected chi connectivity index (χ3v) is 6.48. The average Bonchev–Trinajstić information content (AvgIpc) is 2.82. The van der Waals surface area contributed by atoms with E-state index in [2.05, 4.69) is 99.0 Å². The van der Waals surface area contributed by atoms with E-state index < -0.39 is 0 Å². The number of hydrogen-bond acceptors (Lipinski definition) is 0. The summed E-state index contributed by atoms with van der Waals surface area (Å²) in [5.74, 6) is 0.561. The van der Waals surface area contributed by atoms with Crippen molar-refractivity contribution in [2.45, 2.75) is 44.6 Å². The number of rotatable bonds is 4. The molecule has 1 nitrogen and oxygen atoms in total. The predicted molar refractivity (Wildman–Crippen MR) is 113 cm³/mol. The minimum Gasteiger partial charge on any atom is -0.336 e. The van der Waals surface area contributed by atoms with E-state index in [1.54, 1.807) is 0 Å². The highest BCUT2D eigenvalue weighted by molar-refractivity contribution is 5.48. The van der Waals surface area contributed by atoms with Gasteiger partial charge in [0.15, 0.2) is 0 Å². The molecule has 1 heteroatoms. The summed E-state index contributed by atoms with van der Waals surface area (Å²) in [6, 6.07) is 27.2. The lowest BCUT2D eigenvalue weighted by Gasteiger charge is -2.29. The van der Waals surface area contributed by atoms with Crippen LogP contribution in [0, 0.1) is 6.92 Å². The van der Waals surface area contributed by atoms with Crippen molar-refractivity contribution < 1.29 is 5.32 Å². The molecule has 0 fully saturated rings. The highest BCUT2D eigenvalue weighted by Crippen LogP contribution is 2.40. The molecule has 3 aromatic carbocycles. The van der Waals surface area contributed by atoms with Crippen molar-refractivity contribution in [2.75, 3.05) is 7.05 Å². The van der Waals surface area contributed by atoms with Gasteiger partial charge in [-0.15, -0.1) is 0 Å². The lowest BCUT2D eigenvalue weighted by Crippen LogP contribution is -2.91. The quantitative estimate of drug-likeness (QED) is 0.696. The second-order valence-electron chi connectivity index (χ2n) is 8.16. The molecule has 27 heavy (non-hydrogen) atoms. The van der Waals surface area contributed by atoms with Crippen molar-refractivity contribution in [3.8, 4) is 0 Å². The second kappa shape index (κ2) is 7.32. The molecule has 2 unspecified atom stereocenters. The fraction of sp³-hybridized carbons (Fsp3) is 0.308. The molecule has 1 aliphatic rings. The zero-order chi connectivity index (χ0) is 18.9. The van der Waals surface area contributed by atoms with E-state index in [0.29, 0.717) is 5.92 Å². The Morgan fingerprint density at radius 1 is 0.889 bits per heavy atom. The molecule has 2 atom stereocenters. The van der Waals surface area contributed by atoms with Crippen LogP contribution >= 0.6 is 0 Å². The van der Waals surface area contributed by atoms with Gasteiger partial charge in [-0.3, -0.25) is 0 Å². The normalized spacial score (nSPS) is 21.2. The number of benzene rings is 3. The van der Waals surface area contributed by atoms with Crippen LogP contribution in [0.4, 0.5) is 0 Å². The van der Waals surface area contributed by atoms with Crippen molar-refractivity contribution in [1.82, 2.24) is 0 Å². The number of hydrogen-bond donors (Lipinski definition) is 1. The summed E-state index contributed by atoms with van der Waals surface area (Å²) in [5, 5.41) is 2.38. The standard InChI is InChI=1S/C26H29N/c1-19-12-14-20(15-13-19)16-17-21-18-22-8-4-6-10-24(22)26(2,27-3)25-11-7-5-9-23(21)25/h4-15,21,27H,16-18H2,1-3H3/p+1. The van der Waals surface area contributed by atoms with Gasteiger partial charge in [-0.05, 0) is 55.7 Å². The predicted octanol–water partition coefficient (Wildman–Crippen LogP) is 4.72.